The van der Waals surface area contributed by atoms with E-state index in [1.165, 1.54) is 0 Å². The van der Waals surface area contributed by atoms with Crippen molar-refractivity contribution < 1.29 is 4.74 Å². The minimum Gasteiger partial charge on any atom is -0.490 e. The van der Waals surface area contributed by atoms with E-state index in [0.29, 0.717) is 18.7 Å². The van der Waals surface area contributed by atoms with Crippen LogP contribution in [0.15, 0.2) is 12.1 Å². The monoisotopic (exact) mass is 189 g/mol. The average Bonchev–Trinajstić information content (AvgIpc) is 2.09. The summed E-state index contributed by atoms with van der Waals surface area (Å²) in [6.07, 6.45) is 5.74. The Balaban J connectivity index is 2.81. The number of nitrogen functional groups attached to an aromatic ring is 1. The fraction of sp³-hybridized carbons (Fsp3) is 0.333. The molecule has 0 unspecified atom stereocenters. The van der Waals surface area contributed by atoms with Crippen molar-refractivity contribution in [2.45, 2.75) is 20.3 Å². The SMILES string of the molecule is C#CCCOc1c(C)cc(C)cc1N. The number of anilines is 1. The predicted octanol–water partition coefficient (Wildman–Crippen LogP) is 2.29. The number of ether oxygens (including phenoxy) is 1. The van der Waals surface area contributed by atoms with Gasteiger partial charge in [0.15, 0.2) is 0 Å². The Morgan fingerprint density at radius 1 is 1.43 bits per heavy atom. The molecule has 0 aliphatic carbocycles. The van der Waals surface area contributed by atoms with Gasteiger partial charge >= 0.3 is 0 Å². The summed E-state index contributed by atoms with van der Waals surface area (Å²) in [7, 11) is 0. The molecule has 0 aliphatic heterocycles. The molecule has 0 radical (unpaired) electrons. The quantitative estimate of drug-likeness (QED) is 0.450. The molecular weight excluding hydrogens is 174 g/mol. The van der Waals surface area contributed by atoms with Crippen LogP contribution in [-0.2, 0) is 0 Å². The van der Waals surface area contributed by atoms with E-state index < -0.39 is 0 Å². The maximum Gasteiger partial charge on any atom is 0.145 e. The lowest BCUT2D eigenvalue weighted by Crippen LogP contribution is -2.01. The van der Waals surface area contributed by atoms with Gasteiger partial charge in [0.2, 0.25) is 0 Å². The summed E-state index contributed by atoms with van der Waals surface area (Å²) in [5, 5.41) is 0. The number of benzene rings is 1. The molecule has 0 fully saturated rings. The highest BCUT2D eigenvalue weighted by Gasteiger charge is 2.04. The van der Waals surface area contributed by atoms with E-state index in [1.807, 2.05) is 26.0 Å². The first-order valence-electron chi connectivity index (χ1n) is 4.58. The standard InChI is InChI=1S/C12H15NO/c1-4-5-6-14-12-10(3)7-9(2)8-11(12)13/h1,7-8H,5-6,13H2,2-3H3. The average molecular weight is 189 g/mol. The molecule has 2 N–H and O–H groups in total. The van der Waals surface area contributed by atoms with Crippen molar-refractivity contribution in [2.24, 2.45) is 0 Å². The smallest absolute Gasteiger partial charge is 0.145 e. The van der Waals surface area contributed by atoms with Crippen LogP contribution in [0.3, 0.4) is 0 Å². The Morgan fingerprint density at radius 3 is 2.71 bits per heavy atom. The van der Waals surface area contributed by atoms with E-state index >= 15 is 0 Å². The van der Waals surface area contributed by atoms with Crippen molar-refractivity contribution in [3.63, 3.8) is 0 Å². The molecule has 0 saturated carbocycles. The lowest BCUT2D eigenvalue weighted by molar-refractivity contribution is 0.327. The third kappa shape index (κ3) is 2.43. The predicted molar refractivity (Wildman–Crippen MR) is 59.3 cm³/mol. The van der Waals surface area contributed by atoms with Crippen LogP contribution in [0.5, 0.6) is 5.75 Å². The van der Waals surface area contributed by atoms with E-state index in [-0.39, 0.29) is 0 Å². The normalized spacial score (nSPS) is 9.50. The van der Waals surface area contributed by atoms with Crippen LogP contribution < -0.4 is 10.5 Å². The summed E-state index contributed by atoms with van der Waals surface area (Å²) < 4.78 is 5.50. The van der Waals surface area contributed by atoms with Crippen molar-refractivity contribution >= 4 is 5.69 Å². The number of aryl methyl sites for hydroxylation is 2. The van der Waals surface area contributed by atoms with E-state index in [9.17, 15) is 0 Å². The van der Waals surface area contributed by atoms with E-state index in [0.717, 1.165) is 16.9 Å². The molecule has 0 saturated heterocycles. The molecule has 0 atom stereocenters. The zero-order chi connectivity index (χ0) is 10.6. The Bertz CT molecular complexity index is 340. The van der Waals surface area contributed by atoms with Crippen LogP contribution in [0.25, 0.3) is 0 Å². The molecule has 0 heterocycles. The van der Waals surface area contributed by atoms with E-state index in [2.05, 4.69) is 5.92 Å². The van der Waals surface area contributed by atoms with E-state index in [4.69, 9.17) is 16.9 Å². The maximum atomic E-state index is 5.83. The molecule has 14 heavy (non-hydrogen) atoms. The highest BCUT2D eigenvalue weighted by molar-refractivity contribution is 5.58. The highest BCUT2D eigenvalue weighted by atomic mass is 16.5. The Morgan fingerprint density at radius 2 is 2.14 bits per heavy atom. The molecule has 2 nitrogen and oxygen atoms in total. The molecule has 0 aliphatic rings. The number of rotatable bonds is 3. The van der Waals surface area contributed by atoms with Crippen molar-refractivity contribution in [1.29, 1.82) is 0 Å². The third-order valence-corrected chi connectivity index (χ3v) is 1.94. The topological polar surface area (TPSA) is 35.2 Å². The second-order valence-electron chi connectivity index (χ2n) is 3.30. The molecule has 74 valence electrons. The Hall–Kier alpha value is -1.62. The van der Waals surface area contributed by atoms with Gasteiger partial charge in [-0.05, 0) is 31.0 Å². The van der Waals surface area contributed by atoms with Crippen LogP contribution in [0.2, 0.25) is 0 Å². The number of hydrogen-bond donors (Lipinski definition) is 1. The second-order valence-corrected chi connectivity index (χ2v) is 3.30. The van der Waals surface area contributed by atoms with Crippen molar-refractivity contribution in [2.75, 3.05) is 12.3 Å². The van der Waals surface area contributed by atoms with Crippen molar-refractivity contribution in [3.8, 4) is 18.1 Å². The van der Waals surface area contributed by atoms with Crippen LogP contribution in [0, 0.1) is 26.2 Å². The number of hydrogen-bond acceptors (Lipinski definition) is 2. The zero-order valence-electron chi connectivity index (χ0n) is 8.63. The van der Waals surface area contributed by atoms with Crippen LogP contribution in [0.4, 0.5) is 5.69 Å². The Labute approximate surface area is 85.1 Å². The number of nitrogens with two attached hydrogens (primary N) is 1. The van der Waals surface area contributed by atoms with Crippen molar-refractivity contribution in [3.05, 3.63) is 23.3 Å². The van der Waals surface area contributed by atoms with Crippen LogP contribution in [-0.4, -0.2) is 6.61 Å². The number of terminal acetylenes is 1. The largest absolute Gasteiger partial charge is 0.490 e. The molecular formula is C12H15NO. The molecule has 0 bridgehead atoms. The first-order chi connectivity index (χ1) is 6.65. The van der Waals surface area contributed by atoms with Gasteiger partial charge in [-0.25, -0.2) is 0 Å². The summed E-state index contributed by atoms with van der Waals surface area (Å²) in [6.45, 7) is 4.51. The zero-order valence-corrected chi connectivity index (χ0v) is 8.63. The fourth-order valence-corrected chi connectivity index (χ4v) is 1.40. The van der Waals surface area contributed by atoms with Gasteiger partial charge in [-0.1, -0.05) is 6.07 Å². The summed E-state index contributed by atoms with van der Waals surface area (Å²) in [5.74, 6) is 3.28. The van der Waals surface area contributed by atoms with Gasteiger partial charge < -0.3 is 10.5 Å². The van der Waals surface area contributed by atoms with Gasteiger partial charge in [0.05, 0.1) is 12.3 Å². The lowest BCUT2D eigenvalue weighted by atomic mass is 10.1. The molecule has 1 aromatic carbocycles. The van der Waals surface area contributed by atoms with Gasteiger partial charge in [0.25, 0.3) is 0 Å². The highest BCUT2D eigenvalue weighted by Crippen LogP contribution is 2.27. The fourth-order valence-electron chi connectivity index (χ4n) is 1.40. The molecule has 0 amide bonds. The third-order valence-electron chi connectivity index (χ3n) is 1.94. The van der Waals surface area contributed by atoms with Crippen LogP contribution in [0.1, 0.15) is 17.5 Å². The molecule has 0 aromatic heterocycles. The van der Waals surface area contributed by atoms with Crippen LogP contribution >= 0.6 is 0 Å². The van der Waals surface area contributed by atoms with Gasteiger partial charge in [-0.15, -0.1) is 12.3 Å². The Kier molecular flexibility index (Phi) is 3.41. The molecule has 1 aromatic rings. The van der Waals surface area contributed by atoms with Crippen molar-refractivity contribution in [1.82, 2.24) is 0 Å². The van der Waals surface area contributed by atoms with Gasteiger partial charge in [-0.3, -0.25) is 0 Å². The second kappa shape index (κ2) is 4.57. The molecule has 1 rings (SSSR count). The molecule has 2 heteroatoms. The first-order valence-corrected chi connectivity index (χ1v) is 4.58. The maximum absolute atomic E-state index is 5.83. The minimum atomic E-state index is 0.518. The van der Waals surface area contributed by atoms with Gasteiger partial charge in [0.1, 0.15) is 5.75 Å². The van der Waals surface area contributed by atoms with Gasteiger partial charge in [-0.2, -0.15) is 0 Å². The lowest BCUT2D eigenvalue weighted by Gasteiger charge is -2.11. The first kappa shape index (κ1) is 10.5. The summed E-state index contributed by atoms with van der Waals surface area (Å²) in [6, 6.07) is 3.94. The summed E-state index contributed by atoms with van der Waals surface area (Å²) in [4.78, 5) is 0. The minimum absolute atomic E-state index is 0.518. The molecule has 0 spiro atoms. The summed E-state index contributed by atoms with van der Waals surface area (Å²) in [5.41, 5.74) is 8.71. The van der Waals surface area contributed by atoms with E-state index in [1.54, 1.807) is 0 Å². The van der Waals surface area contributed by atoms with Gasteiger partial charge in [0, 0.05) is 6.42 Å². The summed E-state index contributed by atoms with van der Waals surface area (Å²) >= 11 is 0.